The van der Waals surface area contributed by atoms with Gasteiger partial charge in [0.1, 0.15) is 5.82 Å². The van der Waals surface area contributed by atoms with Gasteiger partial charge in [-0.1, -0.05) is 23.9 Å². The van der Waals surface area contributed by atoms with Crippen LogP contribution in [0.2, 0.25) is 0 Å². The van der Waals surface area contributed by atoms with Crippen molar-refractivity contribution < 1.29 is 14.0 Å². The molecule has 134 valence electrons. The van der Waals surface area contributed by atoms with Gasteiger partial charge in [0.15, 0.2) is 5.82 Å². The zero-order valence-corrected chi connectivity index (χ0v) is 15.2. The molecule has 0 aliphatic heterocycles. The van der Waals surface area contributed by atoms with Crippen LogP contribution in [-0.2, 0) is 4.79 Å². The van der Waals surface area contributed by atoms with Crippen molar-refractivity contribution >= 4 is 23.7 Å². The smallest absolute Gasteiger partial charge is 0.321 e. The number of H-pyrrole nitrogens is 1. The molecule has 2 aromatic rings. The summed E-state index contributed by atoms with van der Waals surface area (Å²) in [4.78, 5) is 28.0. The van der Waals surface area contributed by atoms with Crippen LogP contribution in [0.1, 0.15) is 27.7 Å². The number of carbonyl (C=O) groups excluding carboxylic acids is 2. The van der Waals surface area contributed by atoms with Crippen LogP contribution < -0.4 is 10.6 Å². The Bertz CT molecular complexity index is 772. The second kappa shape index (κ2) is 7.64. The van der Waals surface area contributed by atoms with Crippen molar-refractivity contribution in [2.45, 2.75) is 43.6 Å². The third-order valence-electron chi connectivity index (χ3n) is 2.97. The van der Waals surface area contributed by atoms with E-state index in [4.69, 9.17) is 0 Å². The van der Waals surface area contributed by atoms with Gasteiger partial charge < -0.3 is 5.32 Å². The maximum atomic E-state index is 13.8. The summed E-state index contributed by atoms with van der Waals surface area (Å²) in [6.45, 7) is 7.07. The summed E-state index contributed by atoms with van der Waals surface area (Å²) in [6, 6.07) is 5.62. The van der Waals surface area contributed by atoms with Crippen LogP contribution in [0.25, 0.3) is 11.4 Å². The highest BCUT2D eigenvalue weighted by atomic mass is 32.2. The van der Waals surface area contributed by atoms with Crippen LogP contribution >= 0.6 is 11.8 Å². The Morgan fingerprint density at radius 1 is 1.28 bits per heavy atom. The number of hydrogen-bond acceptors (Lipinski definition) is 5. The highest BCUT2D eigenvalue weighted by Crippen LogP contribution is 2.24. The van der Waals surface area contributed by atoms with Crippen molar-refractivity contribution in [3.8, 4) is 11.4 Å². The standard InChI is InChI=1S/C16H20FN5O2S/c1-9(13(23)19-14(24)20-16(2,3)4)25-15-18-12(21-22-15)10-7-5-6-8-11(10)17/h5-9H,1-4H3,(H,18,21,22)(H2,19,20,23,24)/t9-/m0/s1. The van der Waals surface area contributed by atoms with E-state index in [-0.39, 0.29) is 11.0 Å². The molecule has 3 N–H and O–H groups in total. The Labute approximate surface area is 149 Å². The number of amides is 3. The largest absolute Gasteiger partial charge is 0.333 e. The van der Waals surface area contributed by atoms with Crippen molar-refractivity contribution in [2.24, 2.45) is 0 Å². The lowest BCUT2D eigenvalue weighted by atomic mass is 10.1. The van der Waals surface area contributed by atoms with Crippen LogP contribution in [0.3, 0.4) is 0 Å². The predicted octanol–water partition coefficient (Wildman–Crippen LogP) is 2.72. The molecule has 1 aromatic carbocycles. The van der Waals surface area contributed by atoms with E-state index in [1.165, 1.54) is 6.07 Å². The molecule has 2 rings (SSSR count). The monoisotopic (exact) mass is 365 g/mol. The van der Waals surface area contributed by atoms with Crippen molar-refractivity contribution in [2.75, 3.05) is 0 Å². The van der Waals surface area contributed by atoms with Crippen molar-refractivity contribution in [3.63, 3.8) is 0 Å². The Morgan fingerprint density at radius 2 is 1.96 bits per heavy atom. The van der Waals surface area contributed by atoms with E-state index in [1.807, 2.05) is 20.8 Å². The second-order valence-corrected chi connectivity index (χ2v) is 7.71. The molecule has 0 aliphatic carbocycles. The van der Waals surface area contributed by atoms with Gasteiger partial charge in [-0.3, -0.25) is 15.2 Å². The first-order valence-corrected chi connectivity index (χ1v) is 8.50. The third-order valence-corrected chi connectivity index (χ3v) is 3.93. The van der Waals surface area contributed by atoms with E-state index < -0.39 is 28.5 Å². The lowest BCUT2D eigenvalue weighted by Crippen LogP contribution is -2.49. The van der Waals surface area contributed by atoms with Crippen LogP contribution in [-0.4, -0.2) is 37.9 Å². The molecule has 9 heteroatoms. The lowest BCUT2D eigenvalue weighted by Gasteiger charge is -2.20. The molecule has 1 aromatic heterocycles. The number of thioether (sulfide) groups is 1. The molecule has 0 aliphatic rings. The molecule has 0 bridgehead atoms. The zero-order chi connectivity index (χ0) is 18.6. The number of nitrogens with one attached hydrogen (secondary N) is 3. The summed E-state index contributed by atoms with van der Waals surface area (Å²) in [5.74, 6) is -0.609. The summed E-state index contributed by atoms with van der Waals surface area (Å²) in [7, 11) is 0. The third kappa shape index (κ3) is 5.56. The molecule has 0 radical (unpaired) electrons. The van der Waals surface area contributed by atoms with Crippen molar-refractivity contribution in [3.05, 3.63) is 30.1 Å². The first-order valence-electron chi connectivity index (χ1n) is 7.62. The topological polar surface area (TPSA) is 99.8 Å². The maximum Gasteiger partial charge on any atom is 0.321 e. The normalized spacial score (nSPS) is 12.5. The zero-order valence-electron chi connectivity index (χ0n) is 14.4. The molecule has 0 unspecified atom stereocenters. The van der Waals surface area contributed by atoms with E-state index in [0.29, 0.717) is 5.56 Å². The molecular weight excluding hydrogens is 345 g/mol. The number of imide groups is 1. The van der Waals surface area contributed by atoms with Gasteiger partial charge in [-0.15, -0.1) is 5.10 Å². The van der Waals surface area contributed by atoms with Gasteiger partial charge in [0.2, 0.25) is 11.1 Å². The number of benzene rings is 1. The van der Waals surface area contributed by atoms with Gasteiger partial charge in [-0.25, -0.2) is 14.2 Å². The Balaban J connectivity index is 1.97. The average Bonchev–Trinajstić information content (AvgIpc) is 2.93. The minimum Gasteiger partial charge on any atom is -0.333 e. The fraction of sp³-hybridized carbons (Fsp3) is 0.375. The molecule has 7 nitrogen and oxygen atoms in total. The van der Waals surface area contributed by atoms with Gasteiger partial charge in [0.05, 0.1) is 10.8 Å². The Kier molecular flexibility index (Phi) is 5.78. The van der Waals surface area contributed by atoms with E-state index in [2.05, 4.69) is 25.8 Å². The molecule has 0 spiro atoms. The van der Waals surface area contributed by atoms with Gasteiger partial charge >= 0.3 is 6.03 Å². The summed E-state index contributed by atoms with van der Waals surface area (Å²) in [5, 5.41) is 11.2. The van der Waals surface area contributed by atoms with Gasteiger partial charge in [-0.2, -0.15) is 0 Å². The number of hydrogen-bond donors (Lipinski definition) is 3. The fourth-order valence-electron chi connectivity index (χ4n) is 1.87. The number of rotatable bonds is 4. The number of nitrogens with zero attached hydrogens (tertiary/aromatic N) is 2. The Hall–Kier alpha value is -2.42. The minimum absolute atomic E-state index is 0.277. The number of urea groups is 1. The van der Waals surface area contributed by atoms with Crippen LogP contribution in [0.5, 0.6) is 0 Å². The predicted molar refractivity (Wildman–Crippen MR) is 93.5 cm³/mol. The highest BCUT2D eigenvalue weighted by molar-refractivity contribution is 8.00. The first-order chi connectivity index (χ1) is 11.7. The fourth-order valence-corrected chi connectivity index (χ4v) is 2.59. The molecule has 25 heavy (non-hydrogen) atoms. The number of aromatic nitrogens is 3. The van der Waals surface area contributed by atoms with Gasteiger partial charge in [0, 0.05) is 5.54 Å². The second-order valence-electron chi connectivity index (χ2n) is 6.40. The molecule has 0 saturated heterocycles. The average molecular weight is 365 g/mol. The van der Waals surface area contributed by atoms with Crippen molar-refractivity contribution in [1.82, 2.24) is 25.8 Å². The lowest BCUT2D eigenvalue weighted by molar-refractivity contribution is -0.119. The van der Waals surface area contributed by atoms with Gasteiger partial charge in [0.25, 0.3) is 0 Å². The molecule has 1 heterocycles. The molecule has 1 atom stereocenters. The quantitative estimate of drug-likeness (QED) is 0.724. The van der Waals surface area contributed by atoms with E-state index in [0.717, 1.165) is 11.8 Å². The molecule has 0 fully saturated rings. The minimum atomic E-state index is -0.602. The summed E-state index contributed by atoms with van der Waals surface area (Å²) in [6.07, 6.45) is 0. The first kappa shape index (κ1) is 18.9. The van der Waals surface area contributed by atoms with E-state index in [9.17, 15) is 14.0 Å². The summed E-state index contributed by atoms with van der Waals surface area (Å²) in [5.41, 5.74) is -0.150. The SMILES string of the molecule is C[C@H](Sc1n[nH]c(-c2ccccc2F)n1)C(=O)NC(=O)NC(C)(C)C. The number of carbonyl (C=O) groups is 2. The van der Waals surface area contributed by atoms with E-state index >= 15 is 0 Å². The molecule has 0 saturated carbocycles. The van der Waals surface area contributed by atoms with Crippen LogP contribution in [0.4, 0.5) is 9.18 Å². The summed E-state index contributed by atoms with van der Waals surface area (Å²) < 4.78 is 13.8. The van der Waals surface area contributed by atoms with E-state index in [1.54, 1.807) is 25.1 Å². The van der Waals surface area contributed by atoms with Crippen molar-refractivity contribution in [1.29, 1.82) is 0 Å². The Morgan fingerprint density at radius 3 is 2.60 bits per heavy atom. The number of halogens is 1. The van der Waals surface area contributed by atoms with Crippen LogP contribution in [0.15, 0.2) is 29.4 Å². The maximum absolute atomic E-state index is 13.8. The van der Waals surface area contributed by atoms with Crippen LogP contribution in [0, 0.1) is 5.82 Å². The summed E-state index contributed by atoms with van der Waals surface area (Å²) >= 11 is 1.07. The van der Waals surface area contributed by atoms with Gasteiger partial charge in [-0.05, 0) is 39.8 Å². The highest BCUT2D eigenvalue weighted by Gasteiger charge is 2.21. The molecular formula is C16H20FN5O2S. The molecule has 3 amide bonds. The number of aromatic amines is 1.